The predicted octanol–water partition coefficient (Wildman–Crippen LogP) is 4.14. The van der Waals surface area contributed by atoms with Gasteiger partial charge in [0.15, 0.2) is 0 Å². The smallest absolute Gasteiger partial charge is 0.0945 e. The summed E-state index contributed by atoms with van der Waals surface area (Å²) in [5.74, 6) is 0. The van der Waals surface area contributed by atoms with E-state index in [1.165, 1.54) is 37.7 Å². The van der Waals surface area contributed by atoms with Gasteiger partial charge in [0.25, 0.3) is 0 Å². The topological polar surface area (TPSA) is 41.5 Å². The van der Waals surface area contributed by atoms with Crippen molar-refractivity contribution in [3.8, 4) is 0 Å². The van der Waals surface area contributed by atoms with Crippen LogP contribution in [0, 0.1) is 6.92 Å². The summed E-state index contributed by atoms with van der Waals surface area (Å²) < 4.78 is 5.52. The van der Waals surface area contributed by atoms with E-state index in [1.807, 2.05) is 12.1 Å². The standard InChI is InChI=1S/C18H31NO2/c1-3-4-5-6-7-8-13-21-15-18(20)14-19-17-11-9-16(2)10-12-17/h9-12,18-20H,3-8,13-15H2,1-2H3. The van der Waals surface area contributed by atoms with Crippen molar-refractivity contribution in [1.29, 1.82) is 0 Å². The number of hydrogen-bond acceptors (Lipinski definition) is 3. The summed E-state index contributed by atoms with van der Waals surface area (Å²) in [6.45, 7) is 5.99. The molecule has 21 heavy (non-hydrogen) atoms. The third-order valence-corrected chi connectivity index (χ3v) is 3.55. The van der Waals surface area contributed by atoms with Crippen LogP contribution in [0.1, 0.15) is 51.0 Å². The number of hydrogen-bond donors (Lipinski definition) is 2. The van der Waals surface area contributed by atoms with Gasteiger partial charge in [0.1, 0.15) is 0 Å². The highest BCUT2D eigenvalue weighted by Gasteiger charge is 2.04. The van der Waals surface area contributed by atoms with Gasteiger partial charge in [0, 0.05) is 18.8 Å². The van der Waals surface area contributed by atoms with Gasteiger partial charge in [0.2, 0.25) is 0 Å². The van der Waals surface area contributed by atoms with Crippen molar-refractivity contribution in [2.45, 2.75) is 58.5 Å². The van der Waals surface area contributed by atoms with Crippen LogP contribution in [0.5, 0.6) is 0 Å². The summed E-state index contributed by atoms with van der Waals surface area (Å²) in [7, 11) is 0. The Kier molecular flexibility index (Phi) is 9.92. The molecular weight excluding hydrogens is 262 g/mol. The molecule has 0 amide bonds. The average molecular weight is 293 g/mol. The zero-order valence-corrected chi connectivity index (χ0v) is 13.6. The van der Waals surface area contributed by atoms with Crippen molar-refractivity contribution in [2.75, 3.05) is 25.1 Å². The van der Waals surface area contributed by atoms with Crippen molar-refractivity contribution in [2.24, 2.45) is 0 Å². The van der Waals surface area contributed by atoms with Crippen LogP contribution < -0.4 is 5.32 Å². The quantitative estimate of drug-likeness (QED) is 0.569. The average Bonchev–Trinajstić information content (AvgIpc) is 2.49. The Morgan fingerprint density at radius 3 is 2.43 bits per heavy atom. The molecule has 2 N–H and O–H groups in total. The van der Waals surface area contributed by atoms with Crippen molar-refractivity contribution < 1.29 is 9.84 Å². The lowest BCUT2D eigenvalue weighted by Crippen LogP contribution is -2.25. The van der Waals surface area contributed by atoms with Crippen LogP contribution >= 0.6 is 0 Å². The predicted molar refractivity (Wildman–Crippen MR) is 89.9 cm³/mol. The molecular formula is C18H31NO2. The number of anilines is 1. The highest BCUT2D eigenvalue weighted by atomic mass is 16.5. The molecule has 3 nitrogen and oxygen atoms in total. The molecule has 0 aliphatic heterocycles. The Hall–Kier alpha value is -1.06. The van der Waals surface area contributed by atoms with Gasteiger partial charge in [-0.2, -0.15) is 0 Å². The molecule has 0 saturated carbocycles. The maximum atomic E-state index is 9.85. The Labute approximate surface area is 129 Å². The number of aliphatic hydroxyl groups is 1. The first-order chi connectivity index (χ1) is 10.2. The van der Waals surface area contributed by atoms with E-state index in [2.05, 4.69) is 31.3 Å². The van der Waals surface area contributed by atoms with Crippen LogP contribution in [0.3, 0.4) is 0 Å². The van der Waals surface area contributed by atoms with Crippen molar-refractivity contribution in [3.63, 3.8) is 0 Å². The first kappa shape index (κ1) is 18.0. The van der Waals surface area contributed by atoms with Crippen LogP contribution in [0.4, 0.5) is 5.69 Å². The van der Waals surface area contributed by atoms with Gasteiger partial charge in [-0.25, -0.2) is 0 Å². The van der Waals surface area contributed by atoms with Gasteiger partial charge in [0.05, 0.1) is 12.7 Å². The SMILES string of the molecule is CCCCCCCCOCC(O)CNc1ccc(C)cc1. The van der Waals surface area contributed by atoms with Gasteiger partial charge in [-0.15, -0.1) is 0 Å². The second-order valence-corrected chi connectivity index (χ2v) is 5.74. The lowest BCUT2D eigenvalue weighted by Gasteiger charge is -2.13. The number of rotatable bonds is 12. The summed E-state index contributed by atoms with van der Waals surface area (Å²) >= 11 is 0. The second-order valence-electron chi connectivity index (χ2n) is 5.74. The summed E-state index contributed by atoms with van der Waals surface area (Å²) in [6, 6.07) is 8.17. The Morgan fingerprint density at radius 2 is 1.71 bits per heavy atom. The van der Waals surface area contributed by atoms with E-state index in [9.17, 15) is 5.11 Å². The Balaban J connectivity index is 1.96. The Bertz CT molecular complexity index is 351. The van der Waals surface area contributed by atoms with Crippen molar-refractivity contribution >= 4 is 5.69 Å². The largest absolute Gasteiger partial charge is 0.389 e. The monoisotopic (exact) mass is 293 g/mol. The third-order valence-electron chi connectivity index (χ3n) is 3.55. The number of aliphatic hydroxyl groups excluding tert-OH is 1. The van der Waals surface area contributed by atoms with Crippen LogP contribution in [-0.2, 0) is 4.74 Å². The molecule has 1 atom stereocenters. The van der Waals surface area contributed by atoms with Crippen LogP contribution in [-0.4, -0.2) is 31.0 Å². The maximum absolute atomic E-state index is 9.85. The molecule has 0 aliphatic rings. The number of benzene rings is 1. The lowest BCUT2D eigenvalue weighted by atomic mass is 10.1. The Morgan fingerprint density at radius 1 is 1.05 bits per heavy atom. The third kappa shape index (κ3) is 9.48. The molecule has 1 aromatic carbocycles. The van der Waals surface area contributed by atoms with Crippen molar-refractivity contribution in [1.82, 2.24) is 0 Å². The molecule has 1 rings (SSSR count). The van der Waals surface area contributed by atoms with Crippen molar-refractivity contribution in [3.05, 3.63) is 29.8 Å². The van der Waals surface area contributed by atoms with E-state index in [1.54, 1.807) is 0 Å². The van der Waals surface area contributed by atoms with E-state index in [-0.39, 0.29) is 0 Å². The molecule has 0 spiro atoms. The fourth-order valence-corrected chi connectivity index (χ4v) is 2.17. The minimum atomic E-state index is -0.452. The zero-order valence-electron chi connectivity index (χ0n) is 13.6. The van der Waals surface area contributed by atoms with Gasteiger partial charge < -0.3 is 15.2 Å². The number of unbranched alkanes of at least 4 members (excludes halogenated alkanes) is 5. The van der Waals surface area contributed by atoms with Crippen LogP contribution in [0.15, 0.2) is 24.3 Å². The molecule has 0 saturated heterocycles. The molecule has 0 heterocycles. The summed E-state index contributed by atoms with van der Waals surface area (Å²) in [5, 5.41) is 13.1. The van der Waals surface area contributed by atoms with Gasteiger partial charge in [-0.1, -0.05) is 56.7 Å². The highest BCUT2D eigenvalue weighted by Crippen LogP contribution is 2.08. The fraction of sp³-hybridized carbons (Fsp3) is 0.667. The molecule has 0 aromatic heterocycles. The van der Waals surface area contributed by atoms with E-state index in [4.69, 9.17) is 4.74 Å². The first-order valence-electron chi connectivity index (χ1n) is 8.28. The molecule has 1 unspecified atom stereocenters. The van der Waals surface area contributed by atoms with Crippen LogP contribution in [0.2, 0.25) is 0 Å². The molecule has 0 radical (unpaired) electrons. The number of aryl methyl sites for hydroxylation is 1. The molecule has 0 aliphatic carbocycles. The fourth-order valence-electron chi connectivity index (χ4n) is 2.17. The lowest BCUT2D eigenvalue weighted by molar-refractivity contribution is 0.0416. The molecule has 0 bridgehead atoms. The minimum Gasteiger partial charge on any atom is -0.389 e. The van der Waals surface area contributed by atoms with Gasteiger partial charge in [-0.3, -0.25) is 0 Å². The molecule has 1 aromatic rings. The van der Waals surface area contributed by atoms with Crippen LogP contribution in [0.25, 0.3) is 0 Å². The van der Waals surface area contributed by atoms with E-state index in [0.29, 0.717) is 13.2 Å². The summed E-state index contributed by atoms with van der Waals surface area (Å²) in [4.78, 5) is 0. The maximum Gasteiger partial charge on any atom is 0.0945 e. The first-order valence-corrected chi connectivity index (χ1v) is 8.28. The van der Waals surface area contributed by atoms with Gasteiger partial charge >= 0.3 is 0 Å². The molecule has 3 heteroatoms. The van der Waals surface area contributed by atoms with E-state index >= 15 is 0 Å². The minimum absolute atomic E-state index is 0.411. The van der Waals surface area contributed by atoms with Gasteiger partial charge in [-0.05, 0) is 25.5 Å². The van der Waals surface area contributed by atoms with E-state index < -0.39 is 6.10 Å². The molecule has 120 valence electrons. The van der Waals surface area contributed by atoms with E-state index in [0.717, 1.165) is 18.7 Å². The highest BCUT2D eigenvalue weighted by molar-refractivity contribution is 5.44. The normalized spacial score (nSPS) is 12.3. The summed E-state index contributed by atoms with van der Waals surface area (Å²) in [5.41, 5.74) is 2.28. The summed E-state index contributed by atoms with van der Waals surface area (Å²) in [6.07, 6.45) is 7.14. The number of ether oxygens (including phenoxy) is 1. The zero-order chi connectivity index (χ0) is 15.3. The molecule has 0 fully saturated rings. The second kappa shape index (κ2) is 11.6. The number of nitrogens with one attached hydrogen (secondary N) is 1.